The summed E-state index contributed by atoms with van der Waals surface area (Å²) in [6.45, 7) is 2.14. The van der Waals surface area contributed by atoms with E-state index >= 15 is 0 Å². The van der Waals surface area contributed by atoms with E-state index in [1.807, 2.05) is 0 Å². The van der Waals surface area contributed by atoms with E-state index < -0.39 is 0 Å². The van der Waals surface area contributed by atoms with E-state index in [9.17, 15) is 0 Å². The third-order valence-electron chi connectivity index (χ3n) is 1.43. The van der Waals surface area contributed by atoms with Crippen LogP contribution in [0.15, 0.2) is 12.1 Å². The van der Waals surface area contributed by atoms with E-state index in [0.717, 1.165) is 0 Å². The Labute approximate surface area is 80.3 Å². The molecule has 0 aromatic carbocycles. The fourth-order valence-corrected chi connectivity index (χ4v) is 3.13. The second-order valence-electron chi connectivity index (χ2n) is 2.18. The molecule has 0 spiro atoms. The Morgan fingerprint density at radius 3 is 2.45 bits per heavy atom. The van der Waals surface area contributed by atoms with Gasteiger partial charge in [0.1, 0.15) is 0 Å². The number of aromatic nitrogens is 1. The third kappa shape index (κ3) is 2.31. The van der Waals surface area contributed by atoms with E-state index in [2.05, 4.69) is 35.7 Å². The Morgan fingerprint density at radius 2 is 1.91 bits per heavy atom. The van der Waals surface area contributed by atoms with Gasteiger partial charge in [-0.3, -0.25) is 0 Å². The van der Waals surface area contributed by atoms with Crippen molar-refractivity contribution in [3.05, 3.63) is 17.7 Å². The van der Waals surface area contributed by atoms with E-state index in [4.69, 9.17) is 0 Å². The zero-order valence-electron chi connectivity index (χ0n) is 6.92. The molecule has 1 aromatic rings. The summed E-state index contributed by atoms with van der Waals surface area (Å²) in [5.41, 5.74) is 1.35. The van der Waals surface area contributed by atoms with Crippen LogP contribution in [0.2, 0.25) is 11.6 Å². The molecule has 0 aliphatic heterocycles. The van der Waals surface area contributed by atoms with Gasteiger partial charge in [0.15, 0.2) is 0 Å². The molecule has 0 aliphatic carbocycles. The second-order valence-corrected chi connectivity index (χ2v) is 5.58. The molecule has 0 saturated heterocycles. The van der Waals surface area contributed by atoms with Crippen molar-refractivity contribution in [3.8, 4) is 0 Å². The van der Waals surface area contributed by atoms with Gasteiger partial charge in [-0.15, -0.1) is 0 Å². The quantitative estimate of drug-likeness (QED) is 0.702. The predicted octanol–water partition coefficient (Wildman–Crippen LogP) is 0.145. The van der Waals surface area contributed by atoms with Crippen molar-refractivity contribution in [1.29, 1.82) is 0 Å². The van der Waals surface area contributed by atoms with E-state index in [1.165, 1.54) is 14.7 Å². The summed E-state index contributed by atoms with van der Waals surface area (Å²) < 4.78 is 2.60. The van der Waals surface area contributed by atoms with Crippen LogP contribution in [0.3, 0.4) is 0 Å². The number of hydrogen-bond acceptors (Lipinski definition) is 1. The Hall–Kier alpha value is 0.189. The molecule has 0 unspecified atom stereocenters. The van der Waals surface area contributed by atoms with Gasteiger partial charge in [0.25, 0.3) is 0 Å². The van der Waals surface area contributed by atoms with Crippen LogP contribution in [0, 0.1) is 6.92 Å². The van der Waals surface area contributed by atoms with Crippen LogP contribution in [-0.2, 0) is 0 Å². The monoisotopic (exact) mass is 281 g/mol. The van der Waals surface area contributed by atoms with E-state index in [0.29, 0.717) is 29.9 Å². The maximum absolute atomic E-state index is 4.56. The molecule has 3 heteroatoms. The van der Waals surface area contributed by atoms with Gasteiger partial charge in [0.05, 0.1) is 0 Å². The molecule has 0 amide bonds. The first-order chi connectivity index (χ1) is 5.27. The van der Waals surface area contributed by atoms with Crippen molar-refractivity contribution in [2.24, 2.45) is 0 Å². The topological polar surface area (TPSA) is 12.9 Å². The van der Waals surface area contributed by atoms with Gasteiger partial charge in [-0.25, -0.2) is 0 Å². The number of nitrogens with zero attached hydrogens (tertiary/aromatic N) is 1. The fourth-order valence-electron chi connectivity index (χ4n) is 0.813. The number of hydrogen-bond donors (Lipinski definition) is 0. The van der Waals surface area contributed by atoms with Gasteiger partial charge >= 0.3 is 80.3 Å². The van der Waals surface area contributed by atoms with E-state index in [-0.39, 0.29) is 0 Å². The van der Waals surface area contributed by atoms with Gasteiger partial charge in [-0.2, -0.15) is 0 Å². The average molecular weight is 279 g/mol. The fraction of sp³-hybridized carbons (Fsp3) is 0.375. The summed E-state index contributed by atoms with van der Waals surface area (Å²) in [6.07, 6.45) is 0. The number of aryl methyl sites for hydroxylation is 1. The molecule has 11 heavy (non-hydrogen) atoms. The molecule has 0 atom stereocenters. The summed E-state index contributed by atoms with van der Waals surface area (Å²) in [7, 11) is 0. The van der Waals surface area contributed by atoms with E-state index in [1.54, 1.807) is 0 Å². The minimum atomic E-state index is 0.547. The van der Waals surface area contributed by atoms with Crippen molar-refractivity contribution < 1.29 is 0 Å². The summed E-state index contributed by atoms with van der Waals surface area (Å²) in [5.74, 6) is 4.42. The molecular formula is C8H11NSe2. The Morgan fingerprint density at radius 1 is 1.18 bits per heavy atom. The zero-order chi connectivity index (χ0) is 8.27. The molecule has 1 aromatic heterocycles. The van der Waals surface area contributed by atoms with Gasteiger partial charge in [-0.1, -0.05) is 0 Å². The van der Waals surface area contributed by atoms with Crippen molar-refractivity contribution in [2.45, 2.75) is 18.6 Å². The summed E-state index contributed by atoms with van der Waals surface area (Å²) in [6, 6.07) is 4.33. The van der Waals surface area contributed by atoms with Crippen LogP contribution >= 0.6 is 0 Å². The molecule has 1 heterocycles. The molecule has 0 radical (unpaired) electrons. The van der Waals surface area contributed by atoms with Crippen molar-refractivity contribution in [1.82, 2.24) is 4.98 Å². The summed E-state index contributed by atoms with van der Waals surface area (Å²) in [5, 5.41) is 0. The van der Waals surface area contributed by atoms with Crippen LogP contribution in [-0.4, -0.2) is 34.9 Å². The zero-order valence-corrected chi connectivity index (χ0v) is 10.3. The molecule has 60 valence electrons. The van der Waals surface area contributed by atoms with Gasteiger partial charge in [0, 0.05) is 0 Å². The van der Waals surface area contributed by atoms with Crippen LogP contribution in [0.4, 0.5) is 0 Å². The number of pyridine rings is 1. The Balaban J connectivity index is 3.02. The van der Waals surface area contributed by atoms with Gasteiger partial charge < -0.3 is 0 Å². The Kier molecular flexibility index (Phi) is 3.60. The average Bonchev–Trinajstić information content (AvgIpc) is 2.05. The van der Waals surface area contributed by atoms with Crippen LogP contribution < -0.4 is 9.18 Å². The second kappa shape index (κ2) is 4.27. The van der Waals surface area contributed by atoms with Crippen LogP contribution in [0.1, 0.15) is 5.56 Å². The molecule has 0 saturated carbocycles. The van der Waals surface area contributed by atoms with Crippen LogP contribution in [0.5, 0.6) is 0 Å². The summed E-state index contributed by atoms with van der Waals surface area (Å²) in [4.78, 5) is 4.56. The third-order valence-corrected chi connectivity index (χ3v) is 4.46. The van der Waals surface area contributed by atoms with Crippen molar-refractivity contribution in [2.75, 3.05) is 0 Å². The normalized spacial score (nSPS) is 10.1. The van der Waals surface area contributed by atoms with Crippen LogP contribution in [0.25, 0.3) is 0 Å². The first-order valence-electron chi connectivity index (χ1n) is 3.33. The number of rotatable bonds is 2. The molecular weight excluding hydrogens is 268 g/mol. The molecule has 1 rings (SSSR count). The standard InChI is InChI=1S/C8H11NSe2/c1-6-4-5-7(10-2)9-8(6)11-3/h4-5H,1-3H3. The SMILES string of the molecule is C[Se]c1ccc(C)c([Se]C)n1. The molecule has 1 nitrogen and oxygen atoms in total. The first-order valence-corrected chi connectivity index (χ1v) is 8.47. The predicted molar refractivity (Wildman–Crippen MR) is 51.5 cm³/mol. The Bertz CT molecular complexity index is 248. The van der Waals surface area contributed by atoms with Crippen molar-refractivity contribution in [3.63, 3.8) is 0 Å². The molecule has 0 N–H and O–H groups in total. The molecule has 0 bridgehead atoms. The molecule has 0 aliphatic rings. The molecule has 0 fully saturated rings. The first kappa shape index (κ1) is 9.28. The van der Waals surface area contributed by atoms with Crippen molar-refractivity contribution >= 4 is 39.1 Å². The maximum atomic E-state index is 4.56. The van der Waals surface area contributed by atoms with Gasteiger partial charge in [-0.05, 0) is 0 Å². The van der Waals surface area contributed by atoms with Gasteiger partial charge in [0.2, 0.25) is 0 Å². The summed E-state index contributed by atoms with van der Waals surface area (Å²) >= 11 is 1.10. The minimum absolute atomic E-state index is 0.547.